The van der Waals surface area contributed by atoms with E-state index in [2.05, 4.69) is 5.32 Å². The summed E-state index contributed by atoms with van der Waals surface area (Å²) in [7, 11) is -2.47. The molecule has 0 saturated carbocycles. The van der Waals surface area contributed by atoms with Crippen LogP contribution in [0, 0.1) is 11.6 Å². The highest BCUT2D eigenvalue weighted by molar-refractivity contribution is 7.89. The minimum absolute atomic E-state index is 0.0132. The molecule has 3 aromatic rings. The highest BCUT2D eigenvalue weighted by Crippen LogP contribution is 2.32. The van der Waals surface area contributed by atoms with E-state index >= 15 is 0 Å². The van der Waals surface area contributed by atoms with Crippen LogP contribution in [-0.2, 0) is 30.8 Å². The molecule has 4 rings (SSSR count). The van der Waals surface area contributed by atoms with Crippen LogP contribution in [-0.4, -0.2) is 63.4 Å². The SMILES string of the molecule is COc1ccc(S(=O)(=O)N(CCO)CCO[C@H]2C[C@@H](c3ccc(F)cc3)C=C(C(=O)NCc3ccc(F)cc3)O2)cc1. The van der Waals surface area contributed by atoms with Gasteiger partial charge in [0, 0.05) is 32.0 Å². The fourth-order valence-corrected chi connectivity index (χ4v) is 5.79. The van der Waals surface area contributed by atoms with Gasteiger partial charge in [-0.05, 0) is 65.7 Å². The van der Waals surface area contributed by atoms with Crippen molar-refractivity contribution in [2.75, 3.05) is 33.4 Å². The van der Waals surface area contributed by atoms with E-state index in [1.807, 2.05) is 0 Å². The Morgan fingerprint density at radius 2 is 1.64 bits per heavy atom. The fourth-order valence-electron chi connectivity index (χ4n) is 4.38. The van der Waals surface area contributed by atoms with Crippen LogP contribution < -0.4 is 10.1 Å². The Morgan fingerprint density at radius 3 is 2.26 bits per heavy atom. The van der Waals surface area contributed by atoms with Crippen LogP contribution in [0.2, 0.25) is 0 Å². The standard InChI is InChI=1S/C30H32F2N2O7S/c1-39-26-10-12-27(13-11-26)42(37,38)34(14-16-35)15-17-40-29-19-23(22-4-8-25(32)9-5-22)18-28(41-29)30(36)33-20-21-2-6-24(31)7-3-21/h2-13,18,23,29,35H,14-17,19-20H2,1H3,(H,33,36)/t23-,29+/m0/s1. The van der Waals surface area contributed by atoms with Crippen molar-refractivity contribution in [3.8, 4) is 5.75 Å². The molecule has 0 radical (unpaired) electrons. The van der Waals surface area contributed by atoms with Gasteiger partial charge in [-0.3, -0.25) is 4.79 Å². The largest absolute Gasteiger partial charge is 0.497 e. The quantitative estimate of drug-likeness (QED) is 0.307. The lowest BCUT2D eigenvalue weighted by Crippen LogP contribution is -2.38. The number of sulfonamides is 1. The lowest BCUT2D eigenvalue weighted by Gasteiger charge is -2.30. The number of rotatable bonds is 13. The maximum Gasteiger partial charge on any atom is 0.286 e. The van der Waals surface area contributed by atoms with Crippen LogP contribution in [0.1, 0.15) is 23.5 Å². The smallest absolute Gasteiger partial charge is 0.286 e. The van der Waals surface area contributed by atoms with Gasteiger partial charge in [-0.1, -0.05) is 24.3 Å². The van der Waals surface area contributed by atoms with Crippen molar-refractivity contribution >= 4 is 15.9 Å². The number of nitrogens with zero attached hydrogens (tertiary/aromatic N) is 1. The van der Waals surface area contributed by atoms with E-state index in [0.717, 1.165) is 9.87 Å². The maximum atomic E-state index is 13.6. The monoisotopic (exact) mass is 602 g/mol. The zero-order chi connectivity index (χ0) is 30.1. The lowest BCUT2D eigenvalue weighted by molar-refractivity contribution is -0.146. The van der Waals surface area contributed by atoms with Crippen molar-refractivity contribution in [3.63, 3.8) is 0 Å². The van der Waals surface area contributed by atoms with Crippen molar-refractivity contribution in [3.05, 3.63) is 107 Å². The van der Waals surface area contributed by atoms with Crippen molar-refractivity contribution in [1.82, 2.24) is 9.62 Å². The molecule has 0 bridgehead atoms. The van der Waals surface area contributed by atoms with Crippen LogP contribution in [0.3, 0.4) is 0 Å². The number of benzene rings is 3. The van der Waals surface area contributed by atoms with Gasteiger partial charge in [-0.2, -0.15) is 4.31 Å². The van der Waals surface area contributed by atoms with Gasteiger partial charge in [0.2, 0.25) is 16.3 Å². The Labute approximate surface area is 243 Å². The average molecular weight is 603 g/mol. The molecule has 0 aliphatic carbocycles. The predicted octanol–water partition coefficient (Wildman–Crippen LogP) is 3.70. The van der Waals surface area contributed by atoms with Gasteiger partial charge in [-0.15, -0.1) is 0 Å². The molecule has 3 aromatic carbocycles. The molecule has 1 aliphatic heterocycles. The first-order valence-electron chi connectivity index (χ1n) is 13.2. The van der Waals surface area contributed by atoms with E-state index < -0.39 is 34.6 Å². The second-order valence-electron chi connectivity index (χ2n) is 9.46. The Morgan fingerprint density at radius 1 is 1.00 bits per heavy atom. The molecule has 2 N–H and O–H groups in total. The van der Waals surface area contributed by atoms with Crippen molar-refractivity contribution in [2.24, 2.45) is 0 Å². The molecule has 9 nitrogen and oxygen atoms in total. The third-order valence-corrected chi connectivity index (χ3v) is 8.55. The van der Waals surface area contributed by atoms with E-state index in [4.69, 9.17) is 14.2 Å². The number of methoxy groups -OCH3 is 1. The molecular weight excluding hydrogens is 570 g/mol. The minimum Gasteiger partial charge on any atom is -0.497 e. The predicted molar refractivity (Wildman–Crippen MR) is 150 cm³/mol. The fraction of sp³-hybridized carbons (Fsp3) is 0.300. The summed E-state index contributed by atoms with van der Waals surface area (Å²) < 4.78 is 71.1. The molecule has 1 amide bonds. The molecule has 12 heteroatoms. The maximum absolute atomic E-state index is 13.6. The molecule has 0 spiro atoms. The molecule has 1 heterocycles. The van der Waals surface area contributed by atoms with Crippen LogP contribution in [0.4, 0.5) is 8.78 Å². The number of hydrogen-bond donors (Lipinski definition) is 2. The van der Waals surface area contributed by atoms with Crippen LogP contribution >= 0.6 is 0 Å². The second-order valence-corrected chi connectivity index (χ2v) is 11.4. The zero-order valence-corrected chi connectivity index (χ0v) is 23.7. The van der Waals surface area contributed by atoms with Gasteiger partial charge >= 0.3 is 0 Å². The summed E-state index contributed by atoms with van der Waals surface area (Å²) in [5.74, 6) is -1.18. The molecule has 0 aromatic heterocycles. The third kappa shape index (κ3) is 8.13. The summed E-state index contributed by atoms with van der Waals surface area (Å²) in [6.07, 6.45) is 0.988. The van der Waals surface area contributed by atoms with Gasteiger partial charge < -0.3 is 24.6 Å². The first-order valence-corrected chi connectivity index (χ1v) is 14.7. The summed E-state index contributed by atoms with van der Waals surface area (Å²) in [5.41, 5.74) is 1.42. The summed E-state index contributed by atoms with van der Waals surface area (Å²) >= 11 is 0. The first kappa shape index (κ1) is 31.1. The Hall–Kier alpha value is -3.84. The number of carbonyl (C=O) groups excluding carboxylic acids is 1. The summed E-state index contributed by atoms with van der Waals surface area (Å²) in [5, 5.41) is 12.2. The van der Waals surface area contributed by atoms with E-state index in [1.165, 1.54) is 55.6 Å². The molecule has 2 atom stereocenters. The molecule has 42 heavy (non-hydrogen) atoms. The van der Waals surface area contributed by atoms with E-state index in [1.54, 1.807) is 30.3 Å². The Kier molecular flexibility index (Phi) is 10.6. The number of ether oxygens (including phenoxy) is 3. The highest BCUT2D eigenvalue weighted by atomic mass is 32.2. The number of aliphatic hydroxyl groups is 1. The molecule has 0 unspecified atom stereocenters. The lowest BCUT2D eigenvalue weighted by atomic mass is 9.93. The Balaban J connectivity index is 1.44. The van der Waals surface area contributed by atoms with E-state index in [9.17, 15) is 27.1 Å². The zero-order valence-electron chi connectivity index (χ0n) is 22.9. The molecule has 0 saturated heterocycles. The second kappa shape index (κ2) is 14.4. The topological polar surface area (TPSA) is 114 Å². The van der Waals surface area contributed by atoms with Crippen molar-refractivity contribution in [2.45, 2.75) is 30.1 Å². The third-order valence-electron chi connectivity index (χ3n) is 6.64. The van der Waals surface area contributed by atoms with Crippen molar-refractivity contribution in [1.29, 1.82) is 0 Å². The first-order chi connectivity index (χ1) is 20.2. The van der Waals surface area contributed by atoms with Gasteiger partial charge in [-0.25, -0.2) is 17.2 Å². The van der Waals surface area contributed by atoms with E-state index in [-0.39, 0.29) is 55.1 Å². The molecule has 224 valence electrons. The average Bonchev–Trinajstić information content (AvgIpc) is 3.00. The van der Waals surface area contributed by atoms with Crippen LogP contribution in [0.15, 0.2) is 89.5 Å². The number of allylic oxidation sites excluding steroid dienone is 1. The van der Waals surface area contributed by atoms with Gasteiger partial charge in [0.05, 0.1) is 25.2 Å². The van der Waals surface area contributed by atoms with Crippen molar-refractivity contribution < 1.29 is 41.3 Å². The normalized spacial score (nSPS) is 16.9. The highest BCUT2D eigenvalue weighted by Gasteiger charge is 2.30. The van der Waals surface area contributed by atoms with Gasteiger partial charge in [0.15, 0.2) is 5.76 Å². The number of carbonyl (C=O) groups is 1. The number of hydrogen-bond acceptors (Lipinski definition) is 7. The number of amides is 1. The van der Waals surface area contributed by atoms with Crippen LogP contribution in [0.25, 0.3) is 0 Å². The van der Waals surface area contributed by atoms with Crippen LogP contribution in [0.5, 0.6) is 5.75 Å². The molecular formula is C30H32F2N2O7S. The van der Waals surface area contributed by atoms with Gasteiger partial charge in [0.1, 0.15) is 17.4 Å². The Bertz CT molecular complexity index is 1470. The summed E-state index contributed by atoms with van der Waals surface area (Å²) in [6, 6.07) is 17.4. The molecule has 0 fully saturated rings. The number of aliphatic hydroxyl groups excluding tert-OH is 1. The van der Waals surface area contributed by atoms with Gasteiger partial charge in [0.25, 0.3) is 5.91 Å². The van der Waals surface area contributed by atoms with E-state index in [0.29, 0.717) is 11.3 Å². The number of nitrogens with one attached hydrogen (secondary N) is 1. The molecule has 1 aliphatic rings. The summed E-state index contributed by atoms with van der Waals surface area (Å²) in [6.45, 7) is -0.611. The minimum atomic E-state index is -3.95. The number of halogens is 2. The summed E-state index contributed by atoms with van der Waals surface area (Å²) in [4.78, 5) is 13.0.